The summed E-state index contributed by atoms with van der Waals surface area (Å²) in [6.07, 6.45) is 4.75. The third-order valence-electron chi connectivity index (χ3n) is 2.62. The standard InChI is InChI=1S/C13H16FN3/c1-17-10-11(8-16-17)6-7-15-9-12-4-2-3-5-13(12)14/h2-5,8,10,15H,6-7,9H2,1H3. The zero-order valence-corrected chi connectivity index (χ0v) is 9.86. The number of halogens is 1. The summed E-state index contributed by atoms with van der Waals surface area (Å²) in [6, 6.07) is 6.83. The Morgan fingerprint density at radius 1 is 1.35 bits per heavy atom. The summed E-state index contributed by atoms with van der Waals surface area (Å²) in [6.45, 7) is 1.38. The van der Waals surface area contributed by atoms with Crippen LogP contribution in [0.1, 0.15) is 11.1 Å². The lowest BCUT2D eigenvalue weighted by Gasteiger charge is -2.04. The zero-order chi connectivity index (χ0) is 12.1. The van der Waals surface area contributed by atoms with E-state index in [2.05, 4.69) is 10.4 Å². The molecular formula is C13H16FN3. The van der Waals surface area contributed by atoms with Crippen molar-refractivity contribution in [3.8, 4) is 0 Å². The van der Waals surface area contributed by atoms with Gasteiger partial charge in [0.1, 0.15) is 5.82 Å². The molecule has 0 aliphatic heterocycles. The number of hydrogen-bond acceptors (Lipinski definition) is 2. The first-order chi connectivity index (χ1) is 8.25. The molecule has 0 unspecified atom stereocenters. The van der Waals surface area contributed by atoms with Crippen LogP contribution < -0.4 is 5.32 Å². The Labute approximate surface area is 100 Å². The average molecular weight is 233 g/mol. The fraction of sp³-hybridized carbons (Fsp3) is 0.308. The quantitative estimate of drug-likeness (QED) is 0.799. The summed E-state index contributed by atoms with van der Waals surface area (Å²) in [4.78, 5) is 0. The summed E-state index contributed by atoms with van der Waals surface area (Å²) in [7, 11) is 1.90. The molecule has 0 aliphatic rings. The Morgan fingerprint density at radius 2 is 2.18 bits per heavy atom. The first-order valence-corrected chi connectivity index (χ1v) is 5.67. The van der Waals surface area contributed by atoms with Crippen molar-refractivity contribution in [2.75, 3.05) is 6.54 Å². The van der Waals surface area contributed by atoms with E-state index >= 15 is 0 Å². The molecular weight excluding hydrogens is 217 g/mol. The van der Waals surface area contributed by atoms with Gasteiger partial charge in [-0.2, -0.15) is 5.10 Å². The van der Waals surface area contributed by atoms with Crippen LogP contribution in [0.15, 0.2) is 36.7 Å². The maximum absolute atomic E-state index is 13.3. The van der Waals surface area contributed by atoms with Gasteiger partial charge in [-0.15, -0.1) is 0 Å². The van der Waals surface area contributed by atoms with Gasteiger partial charge in [0.25, 0.3) is 0 Å². The van der Waals surface area contributed by atoms with Crippen LogP contribution in [0.3, 0.4) is 0 Å². The van der Waals surface area contributed by atoms with Gasteiger partial charge < -0.3 is 5.32 Å². The van der Waals surface area contributed by atoms with Crippen LogP contribution >= 0.6 is 0 Å². The molecule has 0 fully saturated rings. The molecule has 0 atom stereocenters. The number of aryl methyl sites for hydroxylation is 1. The summed E-state index contributed by atoms with van der Waals surface area (Å²) in [5.41, 5.74) is 1.90. The van der Waals surface area contributed by atoms with Gasteiger partial charge >= 0.3 is 0 Å². The second-order valence-electron chi connectivity index (χ2n) is 4.04. The van der Waals surface area contributed by atoms with Crippen molar-refractivity contribution in [1.82, 2.24) is 15.1 Å². The third kappa shape index (κ3) is 3.39. The highest BCUT2D eigenvalue weighted by Gasteiger charge is 2.00. The molecule has 2 aromatic rings. The fourth-order valence-corrected chi connectivity index (χ4v) is 1.70. The smallest absolute Gasteiger partial charge is 0.127 e. The Balaban J connectivity index is 1.75. The monoisotopic (exact) mass is 233 g/mol. The van der Waals surface area contributed by atoms with Crippen molar-refractivity contribution in [1.29, 1.82) is 0 Å². The maximum Gasteiger partial charge on any atom is 0.127 e. The van der Waals surface area contributed by atoms with Crippen molar-refractivity contribution >= 4 is 0 Å². The first-order valence-electron chi connectivity index (χ1n) is 5.67. The second-order valence-corrected chi connectivity index (χ2v) is 4.04. The largest absolute Gasteiger partial charge is 0.312 e. The Bertz CT molecular complexity index is 479. The Hall–Kier alpha value is -1.68. The minimum Gasteiger partial charge on any atom is -0.312 e. The van der Waals surface area contributed by atoms with E-state index in [-0.39, 0.29) is 5.82 Å². The summed E-state index contributed by atoms with van der Waals surface area (Å²) >= 11 is 0. The van der Waals surface area contributed by atoms with Crippen LogP contribution in [-0.4, -0.2) is 16.3 Å². The van der Waals surface area contributed by atoms with Gasteiger partial charge in [0.2, 0.25) is 0 Å². The second kappa shape index (κ2) is 5.59. The number of aromatic nitrogens is 2. The average Bonchev–Trinajstić information content (AvgIpc) is 2.73. The molecule has 1 aromatic carbocycles. The highest BCUT2D eigenvalue weighted by Crippen LogP contribution is 2.05. The van der Waals surface area contributed by atoms with Crippen LogP contribution in [-0.2, 0) is 20.0 Å². The molecule has 17 heavy (non-hydrogen) atoms. The molecule has 0 saturated carbocycles. The topological polar surface area (TPSA) is 29.9 Å². The molecule has 0 bridgehead atoms. The van der Waals surface area contributed by atoms with Gasteiger partial charge in [-0.3, -0.25) is 4.68 Å². The minimum absolute atomic E-state index is 0.152. The summed E-state index contributed by atoms with van der Waals surface area (Å²) < 4.78 is 15.1. The molecule has 3 nitrogen and oxygen atoms in total. The van der Waals surface area contributed by atoms with Crippen LogP contribution in [0.5, 0.6) is 0 Å². The van der Waals surface area contributed by atoms with E-state index < -0.39 is 0 Å². The van der Waals surface area contributed by atoms with E-state index in [0.717, 1.165) is 13.0 Å². The van der Waals surface area contributed by atoms with E-state index in [1.807, 2.05) is 25.5 Å². The third-order valence-corrected chi connectivity index (χ3v) is 2.62. The summed E-state index contributed by atoms with van der Waals surface area (Å²) in [5, 5.41) is 7.32. The van der Waals surface area contributed by atoms with Crippen LogP contribution in [0.25, 0.3) is 0 Å². The van der Waals surface area contributed by atoms with Crippen molar-refractivity contribution in [2.24, 2.45) is 7.05 Å². The molecule has 4 heteroatoms. The van der Waals surface area contributed by atoms with Crippen molar-refractivity contribution in [3.63, 3.8) is 0 Å². The van der Waals surface area contributed by atoms with Gasteiger partial charge in [0, 0.05) is 25.4 Å². The lowest BCUT2D eigenvalue weighted by molar-refractivity contribution is 0.588. The number of benzene rings is 1. The van der Waals surface area contributed by atoms with Crippen LogP contribution in [0, 0.1) is 5.82 Å². The highest BCUT2D eigenvalue weighted by molar-refractivity contribution is 5.17. The van der Waals surface area contributed by atoms with E-state index in [4.69, 9.17) is 0 Å². The number of rotatable bonds is 5. The number of hydrogen-bond donors (Lipinski definition) is 1. The van der Waals surface area contributed by atoms with Gasteiger partial charge in [-0.05, 0) is 24.6 Å². The van der Waals surface area contributed by atoms with E-state index in [9.17, 15) is 4.39 Å². The molecule has 0 radical (unpaired) electrons. The van der Waals surface area contributed by atoms with Crippen LogP contribution in [0.4, 0.5) is 4.39 Å². The lowest BCUT2D eigenvalue weighted by atomic mass is 10.2. The van der Waals surface area contributed by atoms with Crippen molar-refractivity contribution in [2.45, 2.75) is 13.0 Å². The summed E-state index contributed by atoms with van der Waals surface area (Å²) in [5.74, 6) is -0.152. The highest BCUT2D eigenvalue weighted by atomic mass is 19.1. The van der Waals surface area contributed by atoms with E-state index in [0.29, 0.717) is 12.1 Å². The molecule has 0 spiro atoms. The van der Waals surface area contributed by atoms with E-state index in [1.165, 1.54) is 11.6 Å². The first kappa shape index (κ1) is 11.8. The number of nitrogens with one attached hydrogen (secondary N) is 1. The number of nitrogens with zero attached hydrogens (tertiary/aromatic N) is 2. The molecule has 1 aromatic heterocycles. The SMILES string of the molecule is Cn1cc(CCNCc2ccccc2F)cn1. The lowest BCUT2D eigenvalue weighted by Crippen LogP contribution is -2.17. The normalized spacial score (nSPS) is 10.7. The minimum atomic E-state index is -0.152. The molecule has 1 heterocycles. The predicted molar refractivity (Wildman–Crippen MR) is 65.0 cm³/mol. The molecule has 1 N–H and O–H groups in total. The maximum atomic E-state index is 13.3. The predicted octanol–water partition coefficient (Wildman–Crippen LogP) is 1.89. The zero-order valence-electron chi connectivity index (χ0n) is 9.86. The molecule has 0 aliphatic carbocycles. The van der Waals surface area contributed by atoms with E-state index in [1.54, 1.807) is 16.8 Å². The Kier molecular flexibility index (Phi) is 3.88. The molecule has 2 rings (SSSR count). The van der Waals surface area contributed by atoms with Gasteiger partial charge in [-0.1, -0.05) is 18.2 Å². The molecule has 90 valence electrons. The van der Waals surface area contributed by atoms with Gasteiger partial charge in [-0.25, -0.2) is 4.39 Å². The van der Waals surface area contributed by atoms with Crippen molar-refractivity contribution < 1.29 is 4.39 Å². The fourth-order valence-electron chi connectivity index (χ4n) is 1.70. The van der Waals surface area contributed by atoms with Gasteiger partial charge in [0.15, 0.2) is 0 Å². The van der Waals surface area contributed by atoms with Crippen LogP contribution in [0.2, 0.25) is 0 Å². The molecule has 0 amide bonds. The van der Waals surface area contributed by atoms with Crippen molar-refractivity contribution in [3.05, 3.63) is 53.6 Å². The van der Waals surface area contributed by atoms with Gasteiger partial charge in [0.05, 0.1) is 6.20 Å². The molecule has 0 saturated heterocycles. The Morgan fingerprint density at radius 3 is 2.88 bits per heavy atom.